The van der Waals surface area contributed by atoms with E-state index in [2.05, 4.69) is 9.97 Å². The summed E-state index contributed by atoms with van der Waals surface area (Å²) in [6.45, 7) is 0. The number of halogens is 1. The summed E-state index contributed by atoms with van der Waals surface area (Å²) < 4.78 is 12.7. The van der Waals surface area contributed by atoms with E-state index >= 15 is 0 Å². The standard InChI is InChI=1S/C12H13FN4S2/c13-8-1-3-9(4-2-8)18-5-6-19-12-16-10(14)7-11(15)17-12/h1-4,7H,5-6H2,(H4,14,15,16,17). The van der Waals surface area contributed by atoms with E-state index in [0.29, 0.717) is 16.8 Å². The Morgan fingerprint density at radius 3 is 2.16 bits per heavy atom. The number of thioether (sulfide) groups is 2. The maximum Gasteiger partial charge on any atom is 0.191 e. The van der Waals surface area contributed by atoms with E-state index in [-0.39, 0.29) is 5.82 Å². The molecule has 2 rings (SSSR count). The molecule has 0 aliphatic rings. The highest BCUT2D eigenvalue weighted by Gasteiger charge is 2.02. The molecule has 0 saturated heterocycles. The third-order valence-electron chi connectivity index (χ3n) is 2.14. The van der Waals surface area contributed by atoms with Gasteiger partial charge < -0.3 is 11.5 Å². The number of benzene rings is 1. The Bertz CT molecular complexity index is 528. The number of anilines is 2. The van der Waals surface area contributed by atoms with E-state index in [1.165, 1.54) is 30.0 Å². The zero-order chi connectivity index (χ0) is 13.7. The van der Waals surface area contributed by atoms with Gasteiger partial charge in [-0.05, 0) is 24.3 Å². The van der Waals surface area contributed by atoms with Crippen LogP contribution in [0.25, 0.3) is 0 Å². The van der Waals surface area contributed by atoms with Crippen molar-refractivity contribution in [1.29, 1.82) is 0 Å². The zero-order valence-electron chi connectivity index (χ0n) is 10.0. The summed E-state index contributed by atoms with van der Waals surface area (Å²) in [5.74, 6) is 2.23. The summed E-state index contributed by atoms with van der Waals surface area (Å²) in [4.78, 5) is 9.20. The monoisotopic (exact) mass is 296 g/mol. The summed E-state index contributed by atoms with van der Waals surface area (Å²) in [7, 11) is 0. The van der Waals surface area contributed by atoms with Gasteiger partial charge in [-0.2, -0.15) is 0 Å². The summed E-state index contributed by atoms with van der Waals surface area (Å²) in [5, 5.41) is 0.581. The number of nitrogens with two attached hydrogens (primary N) is 2. The van der Waals surface area contributed by atoms with Gasteiger partial charge in [-0.25, -0.2) is 14.4 Å². The minimum atomic E-state index is -0.220. The molecule has 7 heteroatoms. The summed E-state index contributed by atoms with van der Waals surface area (Å²) >= 11 is 3.15. The van der Waals surface area contributed by atoms with Crippen LogP contribution in [0.1, 0.15) is 0 Å². The van der Waals surface area contributed by atoms with Gasteiger partial charge in [0.25, 0.3) is 0 Å². The lowest BCUT2D eigenvalue weighted by Gasteiger charge is -2.03. The van der Waals surface area contributed by atoms with Crippen LogP contribution in [0.3, 0.4) is 0 Å². The lowest BCUT2D eigenvalue weighted by Crippen LogP contribution is -1.99. The van der Waals surface area contributed by atoms with Crippen LogP contribution >= 0.6 is 23.5 Å². The SMILES string of the molecule is Nc1cc(N)nc(SCCSc2ccc(F)cc2)n1. The van der Waals surface area contributed by atoms with Crippen molar-refractivity contribution in [3.63, 3.8) is 0 Å². The van der Waals surface area contributed by atoms with Gasteiger partial charge in [-0.1, -0.05) is 11.8 Å². The van der Waals surface area contributed by atoms with E-state index in [1.54, 1.807) is 23.9 Å². The molecule has 1 aromatic carbocycles. The molecule has 0 aliphatic heterocycles. The third kappa shape index (κ3) is 4.60. The number of hydrogen-bond donors (Lipinski definition) is 2. The Kier molecular flexibility index (Phi) is 4.86. The first-order chi connectivity index (χ1) is 9.13. The second kappa shape index (κ2) is 6.63. The minimum Gasteiger partial charge on any atom is -0.383 e. The molecule has 1 aromatic heterocycles. The van der Waals surface area contributed by atoms with Crippen molar-refractivity contribution >= 4 is 35.2 Å². The molecule has 0 fully saturated rings. The molecule has 0 saturated carbocycles. The predicted octanol–water partition coefficient (Wildman–Crippen LogP) is 2.66. The van der Waals surface area contributed by atoms with Gasteiger partial charge in [0.1, 0.15) is 17.5 Å². The van der Waals surface area contributed by atoms with Gasteiger partial charge in [-0.3, -0.25) is 0 Å². The third-order valence-corrected chi connectivity index (χ3v) is 4.26. The first kappa shape index (κ1) is 14.0. The maximum atomic E-state index is 12.7. The van der Waals surface area contributed by atoms with Gasteiger partial charge >= 0.3 is 0 Å². The normalized spacial score (nSPS) is 10.6. The molecule has 0 amide bonds. The van der Waals surface area contributed by atoms with Crippen molar-refractivity contribution in [1.82, 2.24) is 9.97 Å². The first-order valence-electron chi connectivity index (χ1n) is 5.55. The van der Waals surface area contributed by atoms with Crippen LogP contribution < -0.4 is 11.5 Å². The number of nitrogens with zero attached hydrogens (tertiary/aromatic N) is 2. The highest BCUT2D eigenvalue weighted by molar-refractivity contribution is 8.02. The number of hydrogen-bond acceptors (Lipinski definition) is 6. The average Bonchev–Trinajstić information content (AvgIpc) is 2.36. The maximum absolute atomic E-state index is 12.7. The fourth-order valence-electron chi connectivity index (χ4n) is 1.35. The molecule has 100 valence electrons. The zero-order valence-corrected chi connectivity index (χ0v) is 11.7. The molecule has 0 spiro atoms. The Balaban J connectivity index is 1.79. The number of rotatable bonds is 5. The van der Waals surface area contributed by atoms with E-state index < -0.39 is 0 Å². The quantitative estimate of drug-likeness (QED) is 0.502. The summed E-state index contributed by atoms with van der Waals surface area (Å²) in [6.07, 6.45) is 0. The van der Waals surface area contributed by atoms with Gasteiger partial charge in [-0.15, -0.1) is 11.8 Å². The molecule has 2 aromatic rings. The molecular weight excluding hydrogens is 283 g/mol. The molecule has 4 N–H and O–H groups in total. The Morgan fingerprint density at radius 2 is 1.53 bits per heavy atom. The van der Waals surface area contributed by atoms with Crippen LogP contribution in [0.15, 0.2) is 40.4 Å². The molecule has 0 atom stereocenters. The lowest BCUT2D eigenvalue weighted by molar-refractivity contribution is 0.626. The van der Waals surface area contributed by atoms with Crippen LogP contribution in [0, 0.1) is 5.82 Å². The van der Waals surface area contributed by atoms with Crippen molar-refractivity contribution < 1.29 is 4.39 Å². The van der Waals surface area contributed by atoms with E-state index in [1.807, 2.05) is 0 Å². The van der Waals surface area contributed by atoms with Crippen LogP contribution in [-0.2, 0) is 0 Å². The molecule has 4 nitrogen and oxygen atoms in total. The molecule has 0 bridgehead atoms. The second-order valence-corrected chi connectivity index (χ2v) is 5.88. The van der Waals surface area contributed by atoms with Crippen molar-refractivity contribution in [2.75, 3.05) is 23.0 Å². The molecule has 0 radical (unpaired) electrons. The van der Waals surface area contributed by atoms with Gasteiger partial charge in [0, 0.05) is 22.5 Å². The Hall–Kier alpha value is -1.47. The molecule has 0 unspecified atom stereocenters. The van der Waals surface area contributed by atoms with Crippen LogP contribution in [-0.4, -0.2) is 21.5 Å². The van der Waals surface area contributed by atoms with Crippen molar-refractivity contribution in [3.05, 3.63) is 36.1 Å². The van der Waals surface area contributed by atoms with Crippen molar-refractivity contribution in [2.24, 2.45) is 0 Å². The lowest BCUT2D eigenvalue weighted by atomic mass is 10.4. The van der Waals surface area contributed by atoms with E-state index in [0.717, 1.165) is 16.4 Å². The van der Waals surface area contributed by atoms with Crippen molar-refractivity contribution in [2.45, 2.75) is 10.1 Å². The second-order valence-electron chi connectivity index (χ2n) is 3.65. The molecular formula is C12H13FN4S2. The Labute approximate surface area is 119 Å². The predicted molar refractivity (Wildman–Crippen MR) is 78.7 cm³/mol. The van der Waals surface area contributed by atoms with E-state index in [4.69, 9.17) is 11.5 Å². The topological polar surface area (TPSA) is 77.8 Å². The fourth-order valence-corrected chi connectivity index (χ4v) is 3.10. The highest BCUT2D eigenvalue weighted by atomic mass is 32.2. The van der Waals surface area contributed by atoms with Crippen LogP contribution in [0.5, 0.6) is 0 Å². The summed E-state index contributed by atoms with van der Waals surface area (Å²) in [5.41, 5.74) is 11.2. The van der Waals surface area contributed by atoms with Gasteiger partial charge in [0.2, 0.25) is 0 Å². The first-order valence-corrected chi connectivity index (χ1v) is 7.52. The molecule has 19 heavy (non-hydrogen) atoms. The van der Waals surface area contributed by atoms with Crippen molar-refractivity contribution in [3.8, 4) is 0 Å². The van der Waals surface area contributed by atoms with Crippen LogP contribution in [0.4, 0.5) is 16.0 Å². The van der Waals surface area contributed by atoms with Gasteiger partial charge in [0.15, 0.2) is 5.16 Å². The number of aromatic nitrogens is 2. The molecule has 1 heterocycles. The minimum absolute atomic E-state index is 0.220. The number of nitrogen functional groups attached to an aromatic ring is 2. The average molecular weight is 296 g/mol. The van der Waals surface area contributed by atoms with E-state index in [9.17, 15) is 4.39 Å². The highest BCUT2D eigenvalue weighted by Crippen LogP contribution is 2.22. The Morgan fingerprint density at radius 1 is 0.947 bits per heavy atom. The molecule has 0 aliphatic carbocycles. The fraction of sp³-hybridized carbons (Fsp3) is 0.167. The van der Waals surface area contributed by atoms with Gasteiger partial charge in [0.05, 0.1) is 0 Å². The summed E-state index contributed by atoms with van der Waals surface area (Å²) in [6, 6.07) is 7.96. The largest absolute Gasteiger partial charge is 0.383 e. The smallest absolute Gasteiger partial charge is 0.191 e. The van der Waals surface area contributed by atoms with Crippen LogP contribution in [0.2, 0.25) is 0 Å².